The first kappa shape index (κ1) is 22.8. The Morgan fingerprint density at radius 3 is 1.96 bits per heavy atom. The molecule has 0 bridgehead atoms. The third-order valence-corrected chi connectivity index (χ3v) is 3.29. The van der Waals surface area contributed by atoms with Crippen molar-refractivity contribution in [3.63, 3.8) is 0 Å². The van der Waals surface area contributed by atoms with Gasteiger partial charge in [-0.2, -0.15) is 0 Å². The van der Waals surface area contributed by atoms with E-state index in [1.807, 2.05) is 0 Å². The highest BCUT2D eigenvalue weighted by atomic mass is 16.6. The number of aliphatic hydroxyl groups excluding tert-OH is 1. The minimum absolute atomic E-state index is 0.0864. The van der Waals surface area contributed by atoms with Crippen LogP contribution in [0.4, 0.5) is 0 Å². The van der Waals surface area contributed by atoms with E-state index in [9.17, 15) is 29.4 Å². The van der Waals surface area contributed by atoms with Crippen LogP contribution >= 0.6 is 0 Å². The minimum Gasteiger partial charge on any atom is -0.481 e. The van der Waals surface area contributed by atoms with Crippen LogP contribution in [0.25, 0.3) is 0 Å². The van der Waals surface area contributed by atoms with Gasteiger partial charge in [0, 0.05) is 6.42 Å². The number of rotatable bonds is 11. The predicted octanol–water partition coefficient (Wildman–Crippen LogP) is -0.609. The lowest BCUT2D eigenvalue weighted by molar-refractivity contribution is -0.193. The van der Waals surface area contributed by atoms with Gasteiger partial charge in [-0.15, -0.1) is 0 Å². The molecule has 0 amide bonds. The number of carbonyl (C=O) groups is 4. The Morgan fingerprint density at radius 1 is 1.00 bits per heavy atom. The van der Waals surface area contributed by atoms with Crippen molar-refractivity contribution in [2.24, 2.45) is 0 Å². The third-order valence-electron chi connectivity index (χ3n) is 3.29. The van der Waals surface area contributed by atoms with Gasteiger partial charge in [-0.05, 0) is 26.7 Å². The van der Waals surface area contributed by atoms with Crippen LogP contribution in [-0.2, 0) is 33.4 Å². The van der Waals surface area contributed by atoms with Crippen molar-refractivity contribution in [1.29, 1.82) is 0 Å². The molecule has 0 radical (unpaired) electrons. The van der Waals surface area contributed by atoms with E-state index in [4.69, 9.17) is 9.84 Å². The molecule has 3 N–H and O–H groups in total. The van der Waals surface area contributed by atoms with Gasteiger partial charge in [0.1, 0.15) is 0 Å². The molecule has 10 nitrogen and oxygen atoms in total. The van der Waals surface area contributed by atoms with Gasteiger partial charge in [0.15, 0.2) is 11.7 Å². The van der Waals surface area contributed by atoms with Crippen LogP contribution in [0.2, 0.25) is 0 Å². The third kappa shape index (κ3) is 7.06. The number of carboxylic acids is 1. The maximum absolute atomic E-state index is 12.2. The monoisotopic (exact) mass is 364 g/mol. The second kappa shape index (κ2) is 10.6. The summed E-state index contributed by atoms with van der Waals surface area (Å²) in [6.45, 7) is 4.14. The Morgan fingerprint density at radius 2 is 1.52 bits per heavy atom. The second-order valence-electron chi connectivity index (χ2n) is 5.05. The van der Waals surface area contributed by atoms with E-state index in [0.29, 0.717) is 0 Å². The largest absolute Gasteiger partial charge is 0.481 e. The Hall–Kier alpha value is -2.20. The molecule has 0 heterocycles. The van der Waals surface area contributed by atoms with E-state index in [0.717, 1.165) is 0 Å². The SMILES string of the molecule is CCOC(=O)[C@H](O)[C@@H](OC(=O)[C@](O)(CC)CCC(=O)O)C(=O)OCC. The molecule has 0 fully saturated rings. The van der Waals surface area contributed by atoms with Crippen LogP contribution < -0.4 is 0 Å². The number of carboxylic acid groups (broad SMARTS) is 1. The van der Waals surface area contributed by atoms with E-state index in [2.05, 4.69) is 9.47 Å². The summed E-state index contributed by atoms with van der Waals surface area (Å²) in [5, 5.41) is 28.8. The van der Waals surface area contributed by atoms with E-state index >= 15 is 0 Å². The zero-order valence-corrected chi connectivity index (χ0v) is 14.4. The van der Waals surface area contributed by atoms with Gasteiger partial charge < -0.3 is 29.5 Å². The highest BCUT2D eigenvalue weighted by Gasteiger charge is 2.43. The Labute approximate surface area is 144 Å². The first-order valence-electron chi connectivity index (χ1n) is 7.79. The topological polar surface area (TPSA) is 157 Å². The van der Waals surface area contributed by atoms with Gasteiger partial charge in [0.05, 0.1) is 13.2 Å². The molecule has 10 heteroatoms. The Kier molecular flexibility index (Phi) is 9.69. The summed E-state index contributed by atoms with van der Waals surface area (Å²) >= 11 is 0. The number of aliphatic carboxylic acids is 1. The molecule has 0 saturated heterocycles. The molecule has 0 aliphatic rings. The molecule has 144 valence electrons. The summed E-state index contributed by atoms with van der Waals surface area (Å²) in [7, 11) is 0. The number of carbonyl (C=O) groups excluding carboxylic acids is 3. The first-order valence-corrected chi connectivity index (χ1v) is 7.79. The van der Waals surface area contributed by atoms with Crippen molar-refractivity contribution < 1.29 is 48.7 Å². The maximum Gasteiger partial charge on any atom is 0.350 e. The van der Waals surface area contributed by atoms with Gasteiger partial charge >= 0.3 is 23.9 Å². The van der Waals surface area contributed by atoms with Gasteiger partial charge in [-0.1, -0.05) is 6.92 Å². The summed E-state index contributed by atoms with van der Waals surface area (Å²) in [4.78, 5) is 46.3. The van der Waals surface area contributed by atoms with Crippen LogP contribution in [0.15, 0.2) is 0 Å². The Balaban J connectivity index is 5.32. The van der Waals surface area contributed by atoms with E-state index < -0.39 is 54.5 Å². The van der Waals surface area contributed by atoms with Gasteiger partial charge in [-0.3, -0.25) is 4.79 Å². The molecule has 0 aromatic carbocycles. The van der Waals surface area contributed by atoms with Crippen LogP contribution in [0.1, 0.15) is 40.0 Å². The van der Waals surface area contributed by atoms with Crippen molar-refractivity contribution >= 4 is 23.9 Å². The van der Waals surface area contributed by atoms with Crippen molar-refractivity contribution in [2.45, 2.75) is 57.8 Å². The number of hydrogen-bond acceptors (Lipinski definition) is 9. The zero-order chi connectivity index (χ0) is 19.6. The number of esters is 3. The highest BCUT2D eigenvalue weighted by Crippen LogP contribution is 2.21. The molecule has 0 saturated carbocycles. The Bertz CT molecular complexity index is 489. The fourth-order valence-electron chi connectivity index (χ4n) is 1.78. The number of ether oxygens (including phenoxy) is 3. The normalized spacial score (nSPS) is 15.4. The maximum atomic E-state index is 12.2. The smallest absolute Gasteiger partial charge is 0.350 e. The summed E-state index contributed by atoms with van der Waals surface area (Å²) in [6, 6.07) is 0. The molecule has 25 heavy (non-hydrogen) atoms. The highest BCUT2D eigenvalue weighted by molar-refractivity contribution is 5.89. The van der Waals surface area contributed by atoms with Crippen molar-refractivity contribution in [3.05, 3.63) is 0 Å². The van der Waals surface area contributed by atoms with E-state index in [1.165, 1.54) is 20.8 Å². The predicted molar refractivity (Wildman–Crippen MR) is 81.3 cm³/mol. The fraction of sp³-hybridized carbons (Fsp3) is 0.733. The van der Waals surface area contributed by atoms with Gasteiger partial charge in [0.2, 0.25) is 6.10 Å². The van der Waals surface area contributed by atoms with Gasteiger partial charge in [-0.25, -0.2) is 14.4 Å². The molecular formula is C15H24O10. The molecule has 3 atom stereocenters. The average molecular weight is 364 g/mol. The standard InChI is InChI=1S/C15H24O10/c1-4-15(22,8-7-9(16)17)14(21)25-11(13(20)24-6-3)10(18)12(19)23-5-2/h10-11,18,22H,4-8H2,1-3H3,(H,16,17)/t10-,11-,15+/m1/s1. The molecular weight excluding hydrogens is 340 g/mol. The molecule has 0 spiro atoms. The van der Waals surface area contributed by atoms with Crippen molar-refractivity contribution in [3.8, 4) is 0 Å². The summed E-state index contributed by atoms with van der Waals surface area (Å²) in [5.41, 5.74) is -2.20. The van der Waals surface area contributed by atoms with Crippen LogP contribution in [0.3, 0.4) is 0 Å². The lowest BCUT2D eigenvalue weighted by Gasteiger charge is -2.27. The van der Waals surface area contributed by atoms with Crippen molar-refractivity contribution in [2.75, 3.05) is 13.2 Å². The molecule has 0 unspecified atom stereocenters. The number of aliphatic hydroxyl groups is 2. The summed E-state index contributed by atoms with van der Waals surface area (Å²) < 4.78 is 14.0. The van der Waals surface area contributed by atoms with Crippen LogP contribution in [0, 0.1) is 0 Å². The number of hydrogen-bond donors (Lipinski definition) is 3. The molecule has 0 aliphatic carbocycles. The molecule has 0 aliphatic heterocycles. The summed E-state index contributed by atoms with van der Waals surface area (Å²) in [5.74, 6) is -5.00. The fourth-order valence-corrected chi connectivity index (χ4v) is 1.78. The quantitative estimate of drug-likeness (QED) is 0.319. The second-order valence-corrected chi connectivity index (χ2v) is 5.05. The molecule has 0 aromatic heterocycles. The van der Waals surface area contributed by atoms with Gasteiger partial charge in [0.25, 0.3) is 0 Å². The van der Waals surface area contributed by atoms with Crippen molar-refractivity contribution in [1.82, 2.24) is 0 Å². The van der Waals surface area contributed by atoms with E-state index in [-0.39, 0.29) is 19.6 Å². The molecule has 0 aromatic rings. The minimum atomic E-state index is -2.20. The first-order chi connectivity index (χ1) is 11.6. The zero-order valence-electron chi connectivity index (χ0n) is 14.4. The van der Waals surface area contributed by atoms with Crippen LogP contribution in [0.5, 0.6) is 0 Å². The summed E-state index contributed by atoms with van der Waals surface area (Å²) in [6.07, 6.45) is -5.39. The van der Waals surface area contributed by atoms with E-state index in [1.54, 1.807) is 0 Å². The lowest BCUT2D eigenvalue weighted by atomic mass is 9.94. The average Bonchev–Trinajstić information content (AvgIpc) is 2.56. The van der Waals surface area contributed by atoms with Crippen LogP contribution in [-0.4, -0.2) is 70.2 Å². The molecule has 0 rings (SSSR count). The lowest BCUT2D eigenvalue weighted by Crippen LogP contribution is -2.49.